The molecule has 1 saturated heterocycles. The van der Waals surface area contributed by atoms with Crippen molar-refractivity contribution in [2.24, 2.45) is 0 Å². The summed E-state index contributed by atoms with van der Waals surface area (Å²) in [5.41, 5.74) is 2.49. The largest absolute Gasteiger partial charge is 0.466 e. The normalized spacial score (nSPS) is 15.2. The minimum atomic E-state index is -0.122. The van der Waals surface area contributed by atoms with E-state index in [1.54, 1.807) is 22.8 Å². The van der Waals surface area contributed by atoms with Crippen molar-refractivity contribution in [1.29, 1.82) is 0 Å². The van der Waals surface area contributed by atoms with Crippen LogP contribution in [0.4, 0.5) is 10.5 Å². The molecule has 3 amide bonds. The maximum absolute atomic E-state index is 12.7. The third-order valence-corrected chi connectivity index (χ3v) is 6.74. The fraction of sp³-hybridized carbons (Fsp3) is 0.478. The first kappa shape index (κ1) is 22.3. The first-order chi connectivity index (χ1) is 14.3. The van der Waals surface area contributed by atoms with E-state index in [-0.39, 0.29) is 11.9 Å². The Bertz CT molecular complexity index is 916. The van der Waals surface area contributed by atoms with Crippen LogP contribution >= 0.6 is 11.8 Å². The topological polar surface area (TPSA) is 65.8 Å². The van der Waals surface area contributed by atoms with Gasteiger partial charge in [-0.25, -0.2) is 4.79 Å². The molecule has 1 N–H and O–H groups in total. The molecule has 1 aromatic carbocycles. The number of amides is 3. The minimum absolute atomic E-state index is 0.0327. The lowest BCUT2D eigenvalue weighted by Crippen LogP contribution is -2.51. The first-order valence-electron chi connectivity index (χ1n) is 10.5. The second kappa shape index (κ2) is 9.60. The summed E-state index contributed by atoms with van der Waals surface area (Å²) in [6.45, 7) is 12.1. The Balaban J connectivity index is 1.55. The summed E-state index contributed by atoms with van der Waals surface area (Å²) >= 11 is 1.85. The van der Waals surface area contributed by atoms with Crippen molar-refractivity contribution < 1.29 is 14.0 Å². The van der Waals surface area contributed by atoms with Crippen molar-refractivity contribution in [3.63, 3.8) is 0 Å². The molecule has 0 radical (unpaired) electrons. The van der Waals surface area contributed by atoms with Gasteiger partial charge in [-0.15, -0.1) is 11.8 Å². The summed E-state index contributed by atoms with van der Waals surface area (Å²) < 4.78 is 5.48. The molecule has 7 heteroatoms. The monoisotopic (exact) mass is 429 g/mol. The van der Waals surface area contributed by atoms with Crippen molar-refractivity contribution in [3.05, 3.63) is 46.9 Å². The number of anilines is 1. The van der Waals surface area contributed by atoms with Gasteiger partial charge in [0.15, 0.2) is 0 Å². The number of carbonyl (C=O) groups excluding carboxylic acids is 2. The van der Waals surface area contributed by atoms with Crippen LogP contribution in [-0.4, -0.2) is 53.2 Å². The highest BCUT2D eigenvalue weighted by atomic mass is 32.2. The smallest absolute Gasteiger partial charge is 0.321 e. The molecule has 0 saturated carbocycles. The van der Waals surface area contributed by atoms with Crippen molar-refractivity contribution in [2.75, 3.05) is 31.5 Å². The van der Waals surface area contributed by atoms with Gasteiger partial charge in [0, 0.05) is 42.0 Å². The number of benzene rings is 1. The summed E-state index contributed by atoms with van der Waals surface area (Å²) in [5.74, 6) is 1.34. The number of piperazine rings is 1. The number of nitrogens with one attached hydrogen (secondary N) is 1. The molecule has 1 unspecified atom stereocenters. The SMILES string of the molecule is CCC(C)Sc1ccc(NC(=O)N2CCN(C(=O)c3cc(C)oc3C)CC2)c(C)c1. The molecule has 0 aliphatic carbocycles. The van der Waals surface area contributed by atoms with E-state index in [0.717, 1.165) is 23.4 Å². The average Bonchev–Trinajstić information content (AvgIpc) is 3.07. The molecule has 3 rings (SSSR count). The molecule has 2 aromatic rings. The molecule has 0 spiro atoms. The van der Waals surface area contributed by atoms with Gasteiger partial charge in [0.05, 0.1) is 5.56 Å². The Labute approximate surface area is 183 Å². The van der Waals surface area contributed by atoms with Crippen LogP contribution in [0.1, 0.15) is 47.7 Å². The van der Waals surface area contributed by atoms with Crippen molar-refractivity contribution in [1.82, 2.24) is 9.80 Å². The average molecular weight is 430 g/mol. The number of carbonyl (C=O) groups is 2. The predicted octanol–water partition coefficient (Wildman–Crippen LogP) is 5.09. The molecule has 2 heterocycles. The molecular formula is C23H31N3O3S. The van der Waals surface area contributed by atoms with Crippen LogP contribution in [0.3, 0.4) is 0 Å². The van der Waals surface area contributed by atoms with Gasteiger partial charge in [0.1, 0.15) is 11.5 Å². The summed E-state index contributed by atoms with van der Waals surface area (Å²) in [6, 6.07) is 7.82. The third kappa shape index (κ3) is 5.19. The van der Waals surface area contributed by atoms with Gasteiger partial charge in [-0.05, 0) is 57.0 Å². The highest BCUT2D eigenvalue weighted by Gasteiger charge is 2.27. The number of rotatable bonds is 5. The molecule has 162 valence electrons. The highest BCUT2D eigenvalue weighted by Crippen LogP contribution is 2.28. The molecule has 1 aromatic heterocycles. The summed E-state index contributed by atoms with van der Waals surface area (Å²) in [4.78, 5) is 30.2. The summed E-state index contributed by atoms with van der Waals surface area (Å²) in [6.07, 6.45) is 1.12. The zero-order chi connectivity index (χ0) is 21.8. The van der Waals surface area contributed by atoms with Crippen LogP contribution in [0.15, 0.2) is 33.6 Å². The van der Waals surface area contributed by atoms with E-state index in [4.69, 9.17) is 4.42 Å². The second-order valence-electron chi connectivity index (χ2n) is 7.85. The van der Waals surface area contributed by atoms with E-state index in [2.05, 4.69) is 31.3 Å². The quantitative estimate of drug-likeness (QED) is 0.673. The Morgan fingerprint density at radius 3 is 2.33 bits per heavy atom. The van der Waals surface area contributed by atoms with Crippen LogP contribution in [0, 0.1) is 20.8 Å². The van der Waals surface area contributed by atoms with Gasteiger partial charge in [-0.2, -0.15) is 0 Å². The summed E-state index contributed by atoms with van der Waals surface area (Å²) in [5, 5.41) is 3.59. The van der Waals surface area contributed by atoms with Gasteiger partial charge < -0.3 is 19.5 Å². The van der Waals surface area contributed by atoms with Crippen molar-refractivity contribution in [3.8, 4) is 0 Å². The van der Waals surface area contributed by atoms with Crippen LogP contribution in [0.2, 0.25) is 0 Å². The fourth-order valence-corrected chi connectivity index (χ4v) is 4.51. The Kier molecular flexibility index (Phi) is 7.13. The van der Waals surface area contributed by atoms with Crippen LogP contribution in [0.5, 0.6) is 0 Å². The van der Waals surface area contributed by atoms with E-state index >= 15 is 0 Å². The molecule has 30 heavy (non-hydrogen) atoms. The van der Waals surface area contributed by atoms with Crippen molar-refractivity contribution in [2.45, 2.75) is 51.2 Å². The van der Waals surface area contributed by atoms with E-state index in [9.17, 15) is 9.59 Å². The Morgan fingerprint density at radius 2 is 1.77 bits per heavy atom. The molecule has 0 bridgehead atoms. The molecule has 1 aliphatic rings. The van der Waals surface area contributed by atoms with Gasteiger partial charge in [-0.3, -0.25) is 4.79 Å². The van der Waals surface area contributed by atoms with E-state index < -0.39 is 0 Å². The highest BCUT2D eigenvalue weighted by molar-refractivity contribution is 7.99. The number of urea groups is 1. The number of thioether (sulfide) groups is 1. The lowest BCUT2D eigenvalue weighted by Gasteiger charge is -2.34. The maximum Gasteiger partial charge on any atom is 0.321 e. The third-order valence-electron chi connectivity index (χ3n) is 5.48. The molecular weight excluding hydrogens is 398 g/mol. The van der Waals surface area contributed by atoms with E-state index in [1.807, 2.05) is 31.7 Å². The minimum Gasteiger partial charge on any atom is -0.466 e. The van der Waals surface area contributed by atoms with Gasteiger partial charge >= 0.3 is 6.03 Å². The van der Waals surface area contributed by atoms with Gasteiger partial charge in [0.25, 0.3) is 5.91 Å². The molecule has 1 aliphatic heterocycles. The Hall–Kier alpha value is -2.41. The fourth-order valence-electron chi connectivity index (χ4n) is 3.49. The zero-order valence-electron chi connectivity index (χ0n) is 18.4. The first-order valence-corrected chi connectivity index (χ1v) is 11.4. The van der Waals surface area contributed by atoms with Crippen LogP contribution in [-0.2, 0) is 0 Å². The van der Waals surface area contributed by atoms with E-state index in [1.165, 1.54) is 4.90 Å². The second-order valence-corrected chi connectivity index (χ2v) is 9.36. The van der Waals surface area contributed by atoms with Crippen molar-refractivity contribution >= 4 is 29.4 Å². The molecule has 1 atom stereocenters. The van der Waals surface area contributed by atoms with Gasteiger partial charge in [-0.1, -0.05) is 13.8 Å². The Morgan fingerprint density at radius 1 is 1.10 bits per heavy atom. The zero-order valence-corrected chi connectivity index (χ0v) is 19.3. The molecule has 1 fully saturated rings. The maximum atomic E-state index is 12.7. The number of furan rings is 1. The molecule has 6 nitrogen and oxygen atoms in total. The standard InChI is InChI=1S/C23H31N3O3S/c1-6-17(4)30-19-7-8-21(15(2)13-19)24-23(28)26-11-9-25(10-12-26)22(27)20-14-16(3)29-18(20)5/h7-8,13-14,17H,6,9-12H2,1-5H3,(H,24,28). The van der Waals surface area contributed by atoms with Crippen LogP contribution < -0.4 is 5.32 Å². The lowest BCUT2D eigenvalue weighted by atomic mass is 10.2. The van der Waals surface area contributed by atoms with Gasteiger partial charge in [0.2, 0.25) is 0 Å². The van der Waals surface area contributed by atoms with Crippen LogP contribution in [0.25, 0.3) is 0 Å². The van der Waals surface area contributed by atoms with E-state index in [0.29, 0.717) is 42.8 Å². The lowest BCUT2D eigenvalue weighted by molar-refractivity contribution is 0.0670. The number of hydrogen-bond acceptors (Lipinski definition) is 4. The number of nitrogens with zero attached hydrogens (tertiary/aromatic N) is 2. The number of hydrogen-bond donors (Lipinski definition) is 1. The number of aryl methyl sites for hydroxylation is 3. The summed E-state index contributed by atoms with van der Waals surface area (Å²) in [7, 11) is 0. The predicted molar refractivity (Wildman–Crippen MR) is 121 cm³/mol.